The van der Waals surface area contributed by atoms with E-state index in [0.717, 1.165) is 22.9 Å². The van der Waals surface area contributed by atoms with E-state index in [-0.39, 0.29) is 24.1 Å². The van der Waals surface area contributed by atoms with Crippen molar-refractivity contribution in [1.29, 1.82) is 0 Å². The molecule has 1 aromatic carbocycles. The Balaban J connectivity index is 2.61. The van der Waals surface area contributed by atoms with Crippen molar-refractivity contribution in [2.45, 2.75) is 52.1 Å². The number of rotatable bonds is 7. The minimum atomic E-state index is -0.208. The molecule has 0 aromatic heterocycles. The minimum Gasteiger partial charge on any atom is -0.484 e. The van der Waals surface area contributed by atoms with E-state index in [9.17, 15) is 4.79 Å². The number of nitrogens with one attached hydrogen (secondary N) is 1. The molecule has 0 heterocycles. The smallest absolute Gasteiger partial charge is 0.258 e. The Morgan fingerprint density at radius 1 is 1.48 bits per heavy atom. The normalized spacial score (nSPS) is 12.9. The van der Waals surface area contributed by atoms with E-state index in [1.807, 2.05) is 45.9 Å². The number of hydrogen-bond donors (Lipinski definition) is 2. The summed E-state index contributed by atoms with van der Waals surface area (Å²) in [5, 5.41) is 2.94. The van der Waals surface area contributed by atoms with Gasteiger partial charge in [-0.15, -0.1) is 0 Å². The number of carbonyl (C=O) groups is 1. The SMILES string of the molecule is CCC(C)(C)NC(=O)COc1ccc(Br)c(CC(C)N)c1. The summed E-state index contributed by atoms with van der Waals surface area (Å²) in [6.45, 7) is 8.00. The Bertz CT molecular complexity index is 487. The molecule has 5 heteroatoms. The van der Waals surface area contributed by atoms with Gasteiger partial charge in [0.05, 0.1) is 0 Å². The number of nitrogens with two attached hydrogens (primary N) is 1. The molecule has 0 aliphatic heterocycles. The van der Waals surface area contributed by atoms with Gasteiger partial charge in [0.2, 0.25) is 0 Å². The van der Waals surface area contributed by atoms with Crippen molar-refractivity contribution in [3.63, 3.8) is 0 Å². The van der Waals surface area contributed by atoms with Crippen LogP contribution in [0.2, 0.25) is 0 Å². The van der Waals surface area contributed by atoms with E-state index in [1.165, 1.54) is 0 Å². The molecule has 0 saturated carbocycles. The molecule has 0 aliphatic carbocycles. The third-order valence-corrected chi connectivity index (χ3v) is 4.06. The van der Waals surface area contributed by atoms with Crippen LogP contribution in [0.5, 0.6) is 5.75 Å². The fraction of sp³-hybridized carbons (Fsp3) is 0.562. The van der Waals surface area contributed by atoms with E-state index in [0.29, 0.717) is 5.75 Å². The van der Waals surface area contributed by atoms with Crippen molar-refractivity contribution in [1.82, 2.24) is 5.32 Å². The molecule has 0 aliphatic rings. The van der Waals surface area contributed by atoms with E-state index in [1.54, 1.807) is 0 Å². The Morgan fingerprint density at radius 2 is 2.14 bits per heavy atom. The van der Waals surface area contributed by atoms with E-state index in [2.05, 4.69) is 21.2 Å². The van der Waals surface area contributed by atoms with Crippen LogP contribution >= 0.6 is 15.9 Å². The predicted molar refractivity (Wildman–Crippen MR) is 89.5 cm³/mol. The summed E-state index contributed by atoms with van der Waals surface area (Å²) in [6.07, 6.45) is 1.63. The van der Waals surface area contributed by atoms with Crippen LogP contribution in [-0.4, -0.2) is 24.1 Å². The van der Waals surface area contributed by atoms with Gasteiger partial charge in [-0.2, -0.15) is 0 Å². The average molecular weight is 357 g/mol. The molecule has 1 atom stereocenters. The first-order chi connectivity index (χ1) is 9.73. The lowest BCUT2D eigenvalue weighted by molar-refractivity contribution is -0.124. The van der Waals surface area contributed by atoms with Gasteiger partial charge in [-0.25, -0.2) is 0 Å². The summed E-state index contributed by atoms with van der Waals surface area (Å²) in [5.41, 5.74) is 6.70. The van der Waals surface area contributed by atoms with Crippen LogP contribution in [-0.2, 0) is 11.2 Å². The second kappa shape index (κ2) is 7.80. The molecule has 0 radical (unpaired) electrons. The lowest BCUT2D eigenvalue weighted by Crippen LogP contribution is -2.44. The molecule has 118 valence electrons. The summed E-state index contributed by atoms with van der Waals surface area (Å²) < 4.78 is 6.57. The van der Waals surface area contributed by atoms with Crippen LogP contribution in [0, 0.1) is 0 Å². The van der Waals surface area contributed by atoms with Crippen molar-refractivity contribution in [3.05, 3.63) is 28.2 Å². The average Bonchev–Trinajstić information content (AvgIpc) is 2.38. The zero-order chi connectivity index (χ0) is 16.0. The lowest BCUT2D eigenvalue weighted by atomic mass is 10.0. The van der Waals surface area contributed by atoms with E-state index in [4.69, 9.17) is 10.5 Å². The fourth-order valence-electron chi connectivity index (χ4n) is 1.79. The van der Waals surface area contributed by atoms with Crippen LogP contribution < -0.4 is 15.8 Å². The first-order valence-corrected chi connectivity index (χ1v) is 8.00. The molecule has 0 spiro atoms. The topological polar surface area (TPSA) is 64.3 Å². The van der Waals surface area contributed by atoms with Gasteiger partial charge in [0.15, 0.2) is 6.61 Å². The van der Waals surface area contributed by atoms with Gasteiger partial charge in [0, 0.05) is 16.1 Å². The van der Waals surface area contributed by atoms with Crippen molar-refractivity contribution in [2.75, 3.05) is 6.61 Å². The molecular formula is C16H25BrN2O2. The summed E-state index contributed by atoms with van der Waals surface area (Å²) >= 11 is 3.50. The van der Waals surface area contributed by atoms with Crippen molar-refractivity contribution in [3.8, 4) is 5.75 Å². The van der Waals surface area contributed by atoms with Gasteiger partial charge in [0.25, 0.3) is 5.91 Å². The zero-order valence-corrected chi connectivity index (χ0v) is 14.8. The summed E-state index contributed by atoms with van der Waals surface area (Å²) in [5.74, 6) is 0.566. The van der Waals surface area contributed by atoms with Gasteiger partial charge in [-0.05, 0) is 57.4 Å². The molecular weight excluding hydrogens is 332 g/mol. The maximum Gasteiger partial charge on any atom is 0.258 e. The number of hydrogen-bond acceptors (Lipinski definition) is 3. The van der Waals surface area contributed by atoms with Crippen LogP contribution in [0.25, 0.3) is 0 Å². The quantitative estimate of drug-likeness (QED) is 0.789. The summed E-state index contributed by atoms with van der Waals surface area (Å²) in [6, 6.07) is 5.75. The van der Waals surface area contributed by atoms with Crippen LogP contribution in [0.3, 0.4) is 0 Å². The standard InChI is InChI=1S/C16H25BrN2O2/c1-5-16(3,4)19-15(20)10-21-13-6-7-14(17)12(9-13)8-11(2)18/h6-7,9,11H,5,8,10,18H2,1-4H3,(H,19,20). The molecule has 0 fully saturated rings. The maximum absolute atomic E-state index is 11.9. The largest absolute Gasteiger partial charge is 0.484 e. The van der Waals surface area contributed by atoms with Crippen LogP contribution in [0.4, 0.5) is 0 Å². The molecule has 3 N–H and O–H groups in total. The molecule has 0 bridgehead atoms. The number of ether oxygens (including phenoxy) is 1. The molecule has 0 saturated heterocycles. The number of halogens is 1. The van der Waals surface area contributed by atoms with Crippen molar-refractivity contribution < 1.29 is 9.53 Å². The molecule has 21 heavy (non-hydrogen) atoms. The molecule has 1 aromatic rings. The first-order valence-electron chi connectivity index (χ1n) is 7.21. The Kier molecular flexibility index (Phi) is 6.68. The van der Waals surface area contributed by atoms with E-state index < -0.39 is 0 Å². The zero-order valence-electron chi connectivity index (χ0n) is 13.2. The van der Waals surface area contributed by atoms with Gasteiger partial charge in [0.1, 0.15) is 5.75 Å². The third-order valence-electron chi connectivity index (χ3n) is 3.29. The highest BCUT2D eigenvalue weighted by Crippen LogP contribution is 2.23. The van der Waals surface area contributed by atoms with Gasteiger partial charge >= 0.3 is 0 Å². The van der Waals surface area contributed by atoms with Gasteiger partial charge in [-0.3, -0.25) is 4.79 Å². The number of carbonyl (C=O) groups excluding carboxylic acids is 1. The number of benzene rings is 1. The molecule has 1 unspecified atom stereocenters. The number of amides is 1. The fourth-order valence-corrected chi connectivity index (χ4v) is 2.20. The van der Waals surface area contributed by atoms with E-state index >= 15 is 0 Å². The summed E-state index contributed by atoms with van der Waals surface area (Å²) in [7, 11) is 0. The highest BCUT2D eigenvalue weighted by atomic mass is 79.9. The molecule has 1 amide bonds. The minimum absolute atomic E-state index is 0.0165. The summed E-state index contributed by atoms with van der Waals surface area (Å²) in [4.78, 5) is 11.9. The molecule has 4 nitrogen and oxygen atoms in total. The first kappa shape index (κ1) is 18.0. The van der Waals surface area contributed by atoms with Crippen LogP contribution in [0.1, 0.15) is 39.7 Å². The second-order valence-corrected chi connectivity index (χ2v) is 6.86. The molecule has 1 rings (SSSR count). The van der Waals surface area contributed by atoms with Crippen molar-refractivity contribution >= 4 is 21.8 Å². The Labute approximate surface area is 135 Å². The maximum atomic E-state index is 11.9. The van der Waals surface area contributed by atoms with Gasteiger partial charge in [-0.1, -0.05) is 22.9 Å². The predicted octanol–water partition coefficient (Wildman–Crippen LogP) is 3.02. The van der Waals surface area contributed by atoms with Crippen molar-refractivity contribution in [2.24, 2.45) is 5.73 Å². The monoisotopic (exact) mass is 356 g/mol. The van der Waals surface area contributed by atoms with Gasteiger partial charge < -0.3 is 15.8 Å². The second-order valence-electron chi connectivity index (χ2n) is 6.01. The van der Waals surface area contributed by atoms with Crippen LogP contribution in [0.15, 0.2) is 22.7 Å². The highest BCUT2D eigenvalue weighted by Gasteiger charge is 2.18. The lowest BCUT2D eigenvalue weighted by Gasteiger charge is -2.24. The Morgan fingerprint density at radius 3 is 2.71 bits per heavy atom. The Hall–Kier alpha value is -1.07. The highest BCUT2D eigenvalue weighted by molar-refractivity contribution is 9.10. The third kappa shape index (κ3) is 6.48.